The maximum absolute atomic E-state index is 14.4. The normalized spacial score (nSPS) is 30.5. The summed E-state index contributed by atoms with van der Waals surface area (Å²) in [6.07, 6.45) is 3.23. The number of methoxy groups -OCH3 is 1. The number of carbonyl (C=O) groups is 3. The zero-order valence-corrected chi connectivity index (χ0v) is 22.6. The van der Waals surface area contributed by atoms with E-state index in [1.807, 2.05) is 6.92 Å². The Bertz CT molecular complexity index is 1060. The van der Waals surface area contributed by atoms with Gasteiger partial charge >= 0.3 is 5.97 Å². The molecule has 10 heteroatoms. The molecule has 3 heterocycles. The average Bonchev–Trinajstić information content (AvgIpc) is 3.50. The van der Waals surface area contributed by atoms with E-state index >= 15 is 0 Å². The van der Waals surface area contributed by atoms with Gasteiger partial charge in [-0.05, 0) is 37.1 Å². The van der Waals surface area contributed by atoms with E-state index in [-0.39, 0.29) is 36.4 Å². The number of carbonyl (C=O) groups excluding carboxylic acids is 3. The minimum absolute atomic E-state index is 0.00773. The van der Waals surface area contributed by atoms with Gasteiger partial charge in [0.15, 0.2) is 0 Å². The molecule has 0 radical (unpaired) electrons. The van der Waals surface area contributed by atoms with Crippen LogP contribution in [0.15, 0.2) is 49.6 Å². The number of anilines is 1. The van der Waals surface area contributed by atoms with Crippen molar-refractivity contribution in [2.75, 3.05) is 31.8 Å². The van der Waals surface area contributed by atoms with Gasteiger partial charge in [-0.25, -0.2) is 0 Å². The molecule has 3 aliphatic heterocycles. The fourth-order valence-electron chi connectivity index (χ4n) is 6.02. The van der Waals surface area contributed by atoms with Crippen LogP contribution in [0.3, 0.4) is 0 Å². The Balaban J connectivity index is 1.81. The maximum Gasteiger partial charge on any atom is 0.312 e. The van der Waals surface area contributed by atoms with E-state index in [2.05, 4.69) is 29.1 Å². The van der Waals surface area contributed by atoms with E-state index in [0.29, 0.717) is 24.3 Å². The number of alkyl halides is 1. The Labute approximate surface area is 225 Å². The third-order valence-corrected chi connectivity index (χ3v) is 8.46. The lowest BCUT2D eigenvalue weighted by molar-refractivity contribution is -0.154. The largest absolute Gasteiger partial charge is 0.497 e. The molecule has 37 heavy (non-hydrogen) atoms. The smallest absolute Gasteiger partial charge is 0.312 e. The lowest BCUT2D eigenvalue weighted by Crippen LogP contribution is -2.59. The highest BCUT2D eigenvalue weighted by Crippen LogP contribution is 2.60. The van der Waals surface area contributed by atoms with Crippen molar-refractivity contribution < 1.29 is 33.7 Å². The monoisotopic (exact) mass is 576 g/mol. The zero-order valence-electron chi connectivity index (χ0n) is 21.0. The minimum Gasteiger partial charge on any atom is -0.497 e. The fraction of sp³-hybridized carbons (Fsp3) is 0.519. The molecule has 3 fully saturated rings. The Morgan fingerprint density at radius 3 is 2.59 bits per heavy atom. The maximum atomic E-state index is 14.4. The Hall–Kier alpha value is -2.69. The number of nitrogens with zero attached hydrogens (tertiary/aromatic N) is 2. The van der Waals surface area contributed by atoms with Crippen molar-refractivity contribution in [2.45, 2.75) is 48.4 Å². The SMILES string of the molecule is C=CCOC(=O)[C@H]1[C@H]2C(=O)N([C@@H](CC)CO)C(C(=O)N(CC=C)c3ccc(OC)cc3)C23CC(Br)[C@@H]1O3. The van der Waals surface area contributed by atoms with Gasteiger partial charge in [0, 0.05) is 17.1 Å². The van der Waals surface area contributed by atoms with Crippen molar-refractivity contribution in [1.29, 1.82) is 0 Å². The van der Waals surface area contributed by atoms with Gasteiger partial charge in [-0.1, -0.05) is 41.6 Å². The molecule has 3 aliphatic rings. The number of amides is 2. The summed E-state index contributed by atoms with van der Waals surface area (Å²) < 4.78 is 17.1. The lowest BCUT2D eigenvalue weighted by atomic mass is 9.70. The molecule has 7 atom stereocenters. The number of hydrogen-bond acceptors (Lipinski definition) is 7. The molecule has 2 amide bonds. The molecular formula is C27H33BrN2O7. The highest BCUT2D eigenvalue weighted by Gasteiger charge is 2.77. The van der Waals surface area contributed by atoms with Gasteiger partial charge in [0.2, 0.25) is 5.91 Å². The Morgan fingerprint density at radius 1 is 1.32 bits per heavy atom. The van der Waals surface area contributed by atoms with Crippen LogP contribution in [-0.4, -0.2) is 83.3 Å². The molecule has 0 aromatic heterocycles. The lowest BCUT2D eigenvalue weighted by Gasteiger charge is -2.39. The molecule has 1 aromatic carbocycles. The Morgan fingerprint density at radius 2 is 2.03 bits per heavy atom. The molecule has 1 spiro atoms. The first-order valence-electron chi connectivity index (χ1n) is 12.4. The molecule has 1 aromatic rings. The predicted molar refractivity (Wildman–Crippen MR) is 140 cm³/mol. The number of aliphatic hydroxyl groups excluding tert-OH is 1. The van der Waals surface area contributed by atoms with Gasteiger partial charge in [-0.2, -0.15) is 0 Å². The second-order valence-corrected chi connectivity index (χ2v) is 10.7. The third-order valence-electron chi connectivity index (χ3n) is 7.61. The molecule has 1 N–H and O–H groups in total. The summed E-state index contributed by atoms with van der Waals surface area (Å²) in [7, 11) is 1.56. The number of hydrogen-bond donors (Lipinski definition) is 1. The molecule has 4 rings (SSSR count). The molecule has 0 saturated carbocycles. The van der Waals surface area contributed by atoms with Gasteiger partial charge in [0.25, 0.3) is 5.91 Å². The number of benzene rings is 1. The molecule has 3 unspecified atom stereocenters. The zero-order chi connectivity index (χ0) is 26.9. The van der Waals surface area contributed by atoms with Crippen molar-refractivity contribution in [2.24, 2.45) is 11.8 Å². The van der Waals surface area contributed by atoms with E-state index in [1.54, 1.807) is 42.4 Å². The summed E-state index contributed by atoms with van der Waals surface area (Å²) in [4.78, 5) is 44.3. The number of esters is 1. The van der Waals surface area contributed by atoms with Gasteiger partial charge in [0.05, 0.1) is 37.7 Å². The number of ether oxygens (including phenoxy) is 3. The highest BCUT2D eigenvalue weighted by atomic mass is 79.9. The second kappa shape index (κ2) is 11.0. The first-order valence-corrected chi connectivity index (χ1v) is 13.3. The van der Waals surface area contributed by atoms with Crippen molar-refractivity contribution >= 4 is 39.4 Å². The van der Waals surface area contributed by atoms with Gasteiger partial charge < -0.3 is 29.1 Å². The molecule has 2 bridgehead atoms. The van der Waals surface area contributed by atoms with Gasteiger partial charge in [-0.15, -0.1) is 6.58 Å². The molecular weight excluding hydrogens is 544 g/mol. The topological polar surface area (TPSA) is 106 Å². The molecule has 3 saturated heterocycles. The minimum atomic E-state index is -1.25. The molecule has 0 aliphatic carbocycles. The highest BCUT2D eigenvalue weighted by molar-refractivity contribution is 9.09. The van der Waals surface area contributed by atoms with Crippen molar-refractivity contribution in [3.8, 4) is 5.75 Å². The summed E-state index contributed by atoms with van der Waals surface area (Å²) in [5.74, 6) is -2.45. The predicted octanol–water partition coefficient (Wildman–Crippen LogP) is 2.46. The van der Waals surface area contributed by atoms with Crippen LogP contribution < -0.4 is 9.64 Å². The van der Waals surface area contributed by atoms with Crippen LogP contribution in [0.4, 0.5) is 5.69 Å². The van der Waals surface area contributed by atoms with E-state index in [1.165, 1.54) is 11.0 Å². The van der Waals surface area contributed by atoms with Crippen LogP contribution in [0.25, 0.3) is 0 Å². The molecule has 200 valence electrons. The van der Waals surface area contributed by atoms with E-state index in [0.717, 1.165) is 0 Å². The Kier molecular flexibility index (Phi) is 8.11. The molecule has 9 nitrogen and oxygen atoms in total. The van der Waals surface area contributed by atoms with Crippen molar-refractivity contribution in [3.63, 3.8) is 0 Å². The van der Waals surface area contributed by atoms with Gasteiger partial charge in [-0.3, -0.25) is 14.4 Å². The van der Waals surface area contributed by atoms with Crippen LogP contribution in [0.1, 0.15) is 19.8 Å². The van der Waals surface area contributed by atoms with Crippen LogP contribution in [-0.2, 0) is 23.9 Å². The van der Waals surface area contributed by atoms with Crippen molar-refractivity contribution in [3.05, 3.63) is 49.6 Å². The summed E-state index contributed by atoms with van der Waals surface area (Å²) in [6.45, 7) is 9.10. The second-order valence-electron chi connectivity index (χ2n) is 9.51. The fourth-order valence-corrected chi connectivity index (χ4v) is 6.96. The standard InChI is InChI=1S/C27H33BrN2O7/c1-5-12-29(17-8-10-18(35-4)11-9-17)25(33)23-27-14-19(28)22(37-27)20(26(34)36-13-6-2)21(27)24(32)30(23)16(7-3)15-31/h5-6,8-11,16,19-23,31H,1-2,7,12-15H2,3-4H3/t16-,19?,20-,21-,22-,23?,27?/m0/s1. The number of rotatable bonds is 11. The van der Waals surface area contributed by atoms with E-state index in [4.69, 9.17) is 14.2 Å². The first-order chi connectivity index (χ1) is 17.8. The quantitative estimate of drug-likeness (QED) is 0.245. The van der Waals surface area contributed by atoms with Crippen LogP contribution in [0, 0.1) is 11.8 Å². The average molecular weight is 577 g/mol. The van der Waals surface area contributed by atoms with E-state index < -0.39 is 41.6 Å². The third kappa shape index (κ3) is 4.38. The number of fused-ring (bicyclic) bond motifs is 1. The van der Waals surface area contributed by atoms with Crippen LogP contribution in [0.2, 0.25) is 0 Å². The summed E-state index contributed by atoms with van der Waals surface area (Å²) in [5.41, 5.74) is -0.654. The number of halogens is 1. The summed E-state index contributed by atoms with van der Waals surface area (Å²) in [6, 6.07) is 5.34. The van der Waals surface area contributed by atoms with Gasteiger partial charge in [0.1, 0.15) is 24.0 Å². The number of aliphatic hydroxyl groups is 1. The van der Waals surface area contributed by atoms with Crippen LogP contribution >= 0.6 is 15.9 Å². The number of likely N-dealkylation sites (tertiary alicyclic amines) is 1. The first kappa shape index (κ1) is 27.3. The van der Waals surface area contributed by atoms with E-state index in [9.17, 15) is 19.5 Å². The summed E-state index contributed by atoms with van der Waals surface area (Å²) in [5, 5.41) is 10.2. The van der Waals surface area contributed by atoms with Crippen LogP contribution in [0.5, 0.6) is 5.75 Å². The van der Waals surface area contributed by atoms with Crippen molar-refractivity contribution in [1.82, 2.24) is 4.90 Å². The summed E-state index contributed by atoms with van der Waals surface area (Å²) >= 11 is 3.63.